The van der Waals surface area contributed by atoms with Crippen LogP contribution in [0.1, 0.15) is 102 Å². The number of nitrogens with one attached hydrogen (secondary N) is 2. The van der Waals surface area contributed by atoms with Crippen LogP contribution in [0.5, 0.6) is 0 Å². The van der Waals surface area contributed by atoms with E-state index in [4.69, 9.17) is 4.74 Å². The monoisotopic (exact) mass is 610 g/mol. The number of aryl methyl sites for hydroxylation is 1. The minimum Gasteiger partial charge on any atom is -0.381 e. The summed E-state index contributed by atoms with van der Waals surface area (Å²) in [5.41, 5.74) is 10.2. The molecule has 7 nitrogen and oxygen atoms in total. The molecule has 1 aliphatic carbocycles. The SMILES string of the molecule is CCN(c1cc(-c2cccc(C(C)N3CCCC3)c2)cc(C(=O)NCc2c3c(c(C)[nH]c2=O)CCCC3)c1C)C1CCOCC1. The van der Waals surface area contributed by atoms with Crippen molar-refractivity contribution in [1.82, 2.24) is 15.2 Å². The number of ether oxygens (including phenoxy) is 1. The molecule has 0 saturated carbocycles. The lowest BCUT2D eigenvalue weighted by molar-refractivity contribution is 0.0846. The number of rotatable bonds is 9. The molecule has 2 fully saturated rings. The molecular formula is C38H50N4O3. The van der Waals surface area contributed by atoms with E-state index >= 15 is 0 Å². The van der Waals surface area contributed by atoms with Gasteiger partial charge in [-0.25, -0.2) is 0 Å². The van der Waals surface area contributed by atoms with Crippen LogP contribution in [0.25, 0.3) is 11.1 Å². The van der Waals surface area contributed by atoms with Crippen LogP contribution < -0.4 is 15.8 Å². The largest absolute Gasteiger partial charge is 0.381 e. The first-order chi connectivity index (χ1) is 21.9. The van der Waals surface area contributed by atoms with Gasteiger partial charge in [0.25, 0.3) is 11.5 Å². The van der Waals surface area contributed by atoms with E-state index in [0.717, 1.165) is 105 Å². The molecule has 1 unspecified atom stereocenters. The molecule has 2 saturated heterocycles. The normalized spacial score (nSPS) is 18.0. The maximum Gasteiger partial charge on any atom is 0.253 e. The number of hydrogen-bond donors (Lipinski definition) is 2. The lowest BCUT2D eigenvalue weighted by Gasteiger charge is -2.37. The average molecular weight is 611 g/mol. The number of anilines is 1. The Hall–Kier alpha value is -3.42. The van der Waals surface area contributed by atoms with Crippen molar-refractivity contribution in [3.8, 4) is 11.1 Å². The fourth-order valence-electron chi connectivity index (χ4n) is 7.90. The molecule has 6 rings (SSSR count). The van der Waals surface area contributed by atoms with Crippen molar-refractivity contribution >= 4 is 11.6 Å². The van der Waals surface area contributed by atoms with Gasteiger partial charge >= 0.3 is 0 Å². The second kappa shape index (κ2) is 13.9. The maximum atomic E-state index is 14.1. The Bertz CT molecular complexity index is 1580. The number of amides is 1. The van der Waals surface area contributed by atoms with E-state index in [0.29, 0.717) is 23.2 Å². The number of aromatic nitrogens is 1. The summed E-state index contributed by atoms with van der Waals surface area (Å²) >= 11 is 0. The summed E-state index contributed by atoms with van der Waals surface area (Å²) in [6, 6.07) is 13.9. The van der Waals surface area contributed by atoms with Gasteiger partial charge in [-0.05, 0) is 144 Å². The maximum absolute atomic E-state index is 14.1. The molecule has 0 bridgehead atoms. The number of aromatic amines is 1. The zero-order valence-corrected chi connectivity index (χ0v) is 27.6. The van der Waals surface area contributed by atoms with Crippen LogP contribution in [-0.2, 0) is 24.1 Å². The van der Waals surface area contributed by atoms with Crippen molar-refractivity contribution in [1.29, 1.82) is 0 Å². The van der Waals surface area contributed by atoms with E-state index in [-0.39, 0.29) is 18.0 Å². The molecule has 2 N–H and O–H groups in total. The molecular weight excluding hydrogens is 560 g/mol. The number of carbonyl (C=O) groups is 1. The van der Waals surface area contributed by atoms with E-state index in [1.54, 1.807) is 0 Å². The molecule has 1 atom stereocenters. The van der Waals surface area contributed by atoms with Crippen LogP contribution >= 0.6 is 0 Å². The van der Waals surface area contributed by atoms with E-state index in [9.17, 15) is 9.59 Å². The second-order valence-electron chi connectivity index (χ2n) is 13.2. The van der Waals surface area contributed by atoms with Crippen LogP contribution in [0.4, 0.5) is 5.69 Å². The first-order valence-corrected chi connectivity index (χ1v) is 17.2. The standard InChI is InChI=1S/C38H50N4O3/c1-5-42(31-15-19-45-20-16-31)36-23-30(29-12-10-11-28(21-29)27(4)41-17-8-9-18-41)22-34(25(36)2)37(43)39-24-35-33-14-7-6-13-32(33)26(3)40-38(35)44/h10-12,21-23,27,31H,5-9,13-20,24H2,1-4H3,(H,39,43)(H,40,44). The van der Waals surface area contributed by atoms with Crippen molar-refractivity contribution < 1.29 is 9.53 Å². The summed E-state index contributed by atoms with van der Waals surface area (Å²) in [6.45, 7) is 13.5. The lowest BCUT2D eigenvalue weighted by Crippen LogP contribution is -2.40. The van der Waals surface area contributed by atoms with E-state index in [2.05, 4.69) is 77.3 Å². The van der Waals surface area contributed by atoms with Gasteiger partial charge in [-0.15, -0.1) is 0 Å². The highest BCUT2D eigenvalue weighted by Crippen LogP contribution is 2.35. The van der Waals surface area contributed by atoms with Crippen molar-refractivity contribution in [3.05, 3.63) is 85.8 Å². The summed E-state index contributed by atoms with van der Waals surface area (Å²) in [5, 5.41) is 3.17. The zero-order chi connectivity index (χ0) is 31.5. The Labute approximate surface area is 268 Å². The highest BCUT2D eigenvalue weighted by Gasteiger charge is 2.26. The Morgan fingerprint density at radius 3 is 2.49 bits per heavy atom. The lowest BCUT2D eigenvalue weighted by atomic mass is 9.88. The molecule has 0 radical (unpaired) electrons. The minimum atomic E-state index is -0.134. The van der Waals surface area contributed by atoms with E-state index < -0.39 is 0 Å². The number of carbonyl (C=O) groups excluding carboxylic acids is 1. The van der Waals surface area contributed by atoms with Gasteiger partial charge in [0.2, 0.25) is 0 Å². The Balaban J connectivity index is 1.37. The molecule has 2 aromatic carbocycles. The summed E-state index contributed by atoms with van der Waals surface area (Å²) in [6.07, 6.45) is 8.58. The number of fused-ring (bicyclic) bond motifs is 1. The van der Waals surface area contributed by atoms with Crippen LogP contribution in [0, 0.1) is 13.8 Å². The van der Waals surface area contributed by atoms with Crippen molar-refractivity contribution in [3.63, 3.8) is 0 Å². The Kier molecular flexibility index (Phi) is 9.76. The quantitative estimate of drug-likeness (QED) is 0.285. The molecule has 7 heteroatoms. The van der Waals surface area contributed by atoms with Crippen LogP contribution in [-0.4, -0.2) is 54.7 Å². The number of nitrogens with zero attached hydrogens (tertiary/aromatic N) is 2. The third kappa shape index (κ3) is 6.61. The van der Waals surface area contributed by atoms with Crippen molar-refractivity contribution in [2.24, 2.45) is 0 Å². The fourth-order valence-corrected chi connectivity index (χ4v) is 7.90. The predicted molar refractivity (Wildman–Crippen MR) is 182 cm³/mol. The third-order valence-electron chi connectivity index (χ3n) is 10.6. The predicted octanol–water partition coefficient (Wildman–Crippen LogP) is 6.63. The molecule has 45 heavy (non-hydrogen) atoms. The Morgan fingerprint density at radius 2 is 1.76 bits per heavy atom. The van der Waals surface area contributed by atoms with Gasteiger partial charge in [-0.3, -0.25) is 14.5 Å². The summed E-state index contributed by atoms with van der Waals surface area (Å²) in [4.78, 5) is 35.2. The number of hydrogen-bond acceptors (Lipinski definition) is 5. The first-order valence-electron chi connectivity index (χ1n) is 17.2. The molecule has 3 aromatic rings. The third-order valence-corrected chi connectivity index (χ3v) is 10.6. The fraction of sp³-hybridized carbons (Fsp3) is 0.526. The van der Waals surface area contributed by atoms with Crippen LogP contribution in [0.15, 0.2) is 41.2 Å². The molecule has 1 aromatic heterocycles. The summed E-state index contributed by atoms with van der Waals surface area (Å²) in [7, 11) is 0. The smallest absolute Gasteiger partial charge is 0.253 e. The number of H-pyrrole nitrogens is 1. The van der Waals surface area contributed by atoms with Gasteiger partial charge in [-0.2, -0.15) is 0 Å². The molecule has 240 valence electrons. The van der Waals surface area contributed by atoms with Crippen LogP contribution in [0.3, 0.4) is 0 Å². The summed E-state index contributed by atoms with van der Waals surface area (Å²) < 4.78 is 5.70. The minimum absolute atomic E-state index is 0.0831. The zero-order valence-electron chi connectivity index (χ0n) is 27.6. The highest BCUT2D eigenvalue weighted by molar-refractivity contribution is 5.99. The summed E-state index contributed by atoms with van der Waals surface area (Å²) in [5.74, 6) is -0.134. The van der Waals surface area contributed by atoms with Crippen molar-refractivity contribution in [2.45, 2.75) is 97.7 Å². The Morgan fingerprint density at radius 1 is 1.02 bits per heavy atom. The molecule has 1 amide bonds. The number of benzene rings is 2. The van der Waals surface area contributed by atoms with Gasteiger partial charge in [0.05, 0.1) is 0 Å². The molecule has 3 aliphatic rings. The average Bonchev–Trinajstić information content (AvgIpc) is 3.61. The molecule has 3 heterocycles. The van der Waals surface area contributed by atoms with Gasteiger partial charge in [0.1, 0.15) is 0 Å². The van der Waals surface area contributed by atoms with E-state index in [1.807, 2.05) is 6.92 Å². The van der Waals surface area contributed by atoms with Crippen LogP contribution in [0.2, 0.25) is 0 Å². The first kappa shape index (κ1) is 31.6. The van der Waals surface area contributed by atoms with E-state index in [1.165, 1.54) is 24.0 Å². The van der Waals surface area contributed by atoms with Gasteiger partial charge < -0.3 is 19.9 Å². The van der Waals surface area contributed by atoms with Gasteiger partial charge in [-0.1, -0.05) is 18.2 Å². The topological polar surface area (TPSA) is 77.7 Å². The second-order valence-corrected chi connectivity index (χ2v) is 13.2. The molecule has 0 spiro atoms. The highest BCUT2D eigenvalue weighted by atomic mass is 16.5. The van der Waals surface area contributed by atoms with Crippen molar-refractivity contribution in [2.75, 3.05) is 37.7 Å². The van der Waals surface area contributed by atoms with Gasteiger partial charge in [0, 0.05) is 60.9 Å². The number of likely N-dealkylation sites (tertiary alicyclic amines) is 1. The number of pyridine rings is 1. The molecule has 2 aliphatic heterocycles. The van der Waals surface area contributed by atoms with Gasteiger partial charge in [0.15, 0.2) is 0 Å².